The highest BCUT2D eigenvalue weighted by atomic mass is 19.4. The van der Waals surface area contributed by atoms with Gasteiger partial charge < -0.3 is 25.8 Å². The Morgan fingerprint density at radius 1 is 1.35 bits per heavy atom. The van der Waals surface area contributed by atoms with E-state index in [1.54, 1.807) is 6.92 Å². The van der Waals surface area contributed by atoms with Gasteiger partial charge in [0.25, 0.3) is 0 Å². The van der Waals surface area contributed by atoms with Crippen LogP contribution in [0.5, 0.6) is 0 Å². The molecule has 4 N–H and O–H groups in total. The van der Waals surface area contributed by atoms with Crippen LogP contribution in [-0.4, -0.2) is 49.9 Å². The molecule has 2 rings (SSSR count). The lowest BCUT2D eigenvalue weighted by Gasteiger charge is -2.41. The summed E-state index contributed by atoms with van der Waals surface area (Å²) < 4.78 is 65.5. The van der Waals surface area contributed by atoms with Crippen LogP contribution in [0, 0.1) is 5.41 Å². The van der Waals surface area contributed by atoms with E-state index in [4.69, 9.17) is 15.2 Å². The first kappa shape index (κ1) is 24.4. The van der Waals surface area contributed by atoms with Crippen molar-refractivity contribution in [3.8, 4) is 0 Å². The molecule has 8 nitrogen and oxygen atoms in total. The molecule has 0 saturated carbocycles. The lowest BCUT2D eigenvalue weighted by Crippen LogP contribution is -2.44. The number of alkyl halides is 4. The van der Waals surface area contributed by atoms with Crippen LogP contribution in [0.2, 0.25) is 0 Å². The number of nitrogens with one attached hydrogen (secondary N) is 2. The van der Waals surface area contributed by atoms with Gasteiger partial charge in [0.2, 0.25) is 11.9 Å². The molecule has 0 aliphatic heterocycles. The fourth-order valence-electron chi connectivity index (χ4n) is 3.52. The number of methoxy groups -OCH3 is 2. The molecule has 0 aromatic carbocycles. The van der Waals surface area contributed by atoms with Crippen molar-refractivity contribution in [1.82, 2.24) is 9.97 Å². The number of hydrogen-bond donors (Lipinski definition) is 3. The Bertz CT molecular complexity index is 888. The van der Waals surface area contributed by atoms with Gasteiger partial charge in [-0.15, -0.1) is 0 Å². The van der Waals surface area contributed by atoms with E-state index in [1.165, 1.54) is 27.3 Å². The van der Waals surface area contributed by atoms with Crippen molar-refractivity contribution in [1.29, 1.82) is 0 Å². The number of halogens is 4. The molecule has 0 spiro atoms. The van der Waals surface area contributed by atoms with Crippen molar-refractivity contribution >= 4 is 17.7 Å². The number of carbonyl (C=O) groups is 1. The van der Waals surface area contributed by atoms with E-state index in [1.807, 2.05) is 0 Å². The highest BCUT2D eigenvalue weighted by Gasteiger charge is 2.49. The first-order valence-corrected chi connectivity index (χ1v) is 9.37. The summed E-state index contributed by atoms with van der Waals surface area (Å²) in [4.78, 5) is 19.4. The Morgan fingerprint density at radius 3 is 2.52 bits per heavy atom. The molecular weight excluding hydrogens is 422 g/mol. The monoisotopic (exact) mass is 447 g/mol. The Labute approximate surface area is 176 Å². The van der Waals surface area contributed by atoms with E-state index in [-0.39, 0.29) is 42.4 Å². The van der Waals surface area contributed by atoms with Crippen molar-refractivity contribution in [2.24, 2.45) is 11.1 Å². The summed E-state index contributed by atoms with van der Waals surface area (Å²) in [7, 11) is 4.04. The maximum Gasteiger partial charge on any atom is 0.421 e. The zero-order valence-corrected chi connectivity index (χ0v) is 17.6. The number of nitrogens with zero attached hydrogens (tertiary/aromatic N) is 2. The van der Waals surface area contributed by atoms with Crippen LogP contribution in [0.1, 0.15) is 25.3 Å². The summed E-state index contributed by atoms with van der Waals surface area (Å²) in [6.07, 6.45) is -4.37. The summed E-state index contributed by atoms with van der Waals surface area (Å²) in [6, 6.07) is 0. The normalized spacial score (nSPS) is 21.5. The molecule has 1 aliphatic carbocycles. The molecule has 1 amide bonds. The Kier molecular flexibility index (Phi) is 7.47. The molecule has 172 valence electrons. The number of allylic oxidation sites excluding steroid dienone is 2. The molecule has 2 atom stereocenters. The SMILES string of the molecule is CCC1(CCOC)C(Nc2ncc(C(F)(F)F)c(NC)n2)=C(OC)C=C(C(N)=O)C1F. The molecule has 0 saturated heterocycles. The minimum atomic E-state index is -4.66. The van der Waals surface area contributed by atoms with Gasteiger partial charge in [0.05, 0.1) is 23.8 Å². The average molecular weight is 447 g/mol. The van der Waals surface area contributed by atoms with E-state index >= 15 is 4.39 Å². The summed E-state index contributed by atoms with van der Waals surface area (Å²) in [5, 5.41) is 5.19. The van der Waals surface area contributed by atoms with E-state index in [0.29, 0.717) is 6.20 Å². The van der Waals surface area contributed by atoms with Crippen LogP contribution in [0.25, 0.3) is 0 Å². The van der Waals surface area contributed by atoms with E-state index in [9.17, 15) is 18.0 Å². The topological polar surface area (TPSA) is 111 Å². The standard InChI is InChI=1S/C19H25F4N5O3/c1-5-18(6-7-30-3)13(20)10(15(24)29)8-12(31-4)14(18)27-17-26-9-11(19(21,22)23)16(25-2)28-17/h8-9,13H,5-7H2,1-4H3,(H2,24,29)(H2,25,26,27,28). The number of amides is 1. The quantitative estimate of drug-likeness (QED) is 0.499. The number of anilines is 2. The van der Waals surface area contributed by atoms with Gasteiger partial charge in [-0.3, -0.25) is 4.79 Å². The summed E-state index contributed by atoms with van der Waals surface area (Å²) in [5.74, 6) is -1.51. The third-order valence-electron chi connectivity index (χ3n) is 5.24. The Hall–Kier alpha value is -2.89. The van der Waals surface area contributed by atoms with E-state index < -0.39 is 35.1 Å². The summed E-state index contributed by atoms with van der Waals surface area (Å²) in [6.45, 7) is 1.84. The largest absolute Gasteiger partial charge is 0.495 e. The zero-order valence-electron chi connectivity index (χ0n) is 17.6. The van der Waals surface area contributed by atoms with Crippen LogP contribution in [0.15, 0.2) is 29.3 Å². The van der Waals surface area contributed by atoms with Gasteiger partial charge in [-0.2, -0.15) is 18.2 Å². The molecule has 2 unspecified atom stereocenters. The minimum absolute atomic E-state index is 0.0927. The lowest BCUT2D eigenvalue weighted by molar-refractivity contribution is -0.137. The van der Waals surface area contributed by atoms with Crippen LogP contribution < -0.4 is 16.4 Å². The fraction of sp³-hybridized carbons (Fsp3) is 0.526. The van der Waals surface area contributed by atoms with Crippen LogP contribution in [0.3, 0.4) is 0 Å². The van der Waals surface area contributed by atoms with Crippen molar-refractivity contribution in [2.45, 2.75) is 32.1 Å². The molecule has 1 aromatic rings. The predicted molar refractivity (Wildman–Crippen MR) is 106 cm³/mol. The molecule has 31 heavy (non-hydrogen) atoms. The third kappa shape index (κ3) is 4.73. The number of hydrogen-bond acceptors (Lipinski definition) is 7. The summed E-state index contributed by atoms with van der Waals surface area (Å²) in [5.41, 5.74) is 2.87. The van der Waals surface area contributed by atoms with Gasteiger partial charge in [0.15, 0.2) is 0 Å². The molecule has 12 heteroatoms. The van der Waals surface area contributed by atoms with Gasteiger partial charge in [0, 0.05) is 27.0 Å². The number of primary amides is 1. The number of rotatable bonds is 9. The van der Waals surface area contributed by atoms with Crippen LogP contribution >= 0.6 is 0 Å². The second kappa shape index (κ2) is 9.50. The Balaban J connectivity index is 2.64. The van der Waals surface area contributed by atoms with Gasteiger partial charge >= 0.3 is 6.18 Å². The number of ether oxygens (including phenoxy) is 2. The van der Waals surface area contributed by atoms with Gasteiger partial charge in [-0.25, -0.2) is 9.37 Å². The maximum atomic E-state index is 15.6. The minimum Gasteiger partial charge on any atom is -0.495 e. The first-order valence-electron chi connectivity index (χ1n) is 9.37. The second-order valence-corrected chi connectivity index (χ2v) is 6.85. The van der Waals surface area contributed by atoms with Crippen LogP contribution in [0.4, 0.5) is 29.3 Å². The maximum absolute atomic E-state index is 15.6. The van der Waals surface area contributed by atoms with Crippen LogP contribution in [-0.2, 0) is 20.4 Å². The number of aromatic nitrogens is 2. The van der Waals surface area contributed by atoms with Gasteiger partial charge in [-0.1, -0.05) is 6.92 Å². The second-order valence-electron chi connectivity index (χ2n) is 6.85. The highest BCUT2D eigenvalue weighted by Crippen LogP contribution is 2.48. The van der Waals surface area contributed by atoms with Gasteiger partial charge in [0.1, 0.15) is 23.3 Å². The van der Waals surface area contributed by atoms with Gasteiger partial charge in [-0.05, 0) is 18.9 Å². The Morgan fingerprint density at radius 2 is 2.03 bits per heavy atom. The van der Waals surface area contributed by atoms with E-state index in [0.717, 1.165) is 0 Å². The van der Waals surface area contributed by atoms with Crippen molar-refractivity contribution in [2.75, 3.05) is 38.5 Å². The lowest BCUT2D eigenvalue weighted by atomic mass is 9.69. The number of carbonyl (C=O) groups excluding carboxylic acids is 1. The summed E-state index contributed by atoms with van der Waals surface area (Å²) >= 11 is 0. The smallest absolute Gasteiger partial charge is 0.421 e. The number of nitrogens with two attached hydrogens (primary N) is 1. The molecule has 1 aromatic heterocycles. The van der Waals surface area contributed by atoms with E-state index in [2.05, 4.69) is 20.6 Å². The van der Waals surface area contributed by atoms with Crippen molar-refractivity contribution < 1.29 is 31.8 Å². The molecule has 1 heterocycles. The van der Waals surface area contributed by atoms with Crippen molar-refractivity contribution in [3.63, 3.8) is 0 Å². The molecule has 1 aliphatic rings. The molecule has 0 radical (unpaired) electrons. The highest BCUT2D eigenvalue weighted by molar-refractivity contribution is 5.94. The predicted octanol–water partition coefficient (Wildman–Crippen LogP) is 3.00. The molecule has 0 fully saturated rings. The third-order valence-corrected chi connectivity index (χ3v) is 5.24. The zero-order chi connectivity index (χ0) is 23.4. The average Bonchev–Trinajstić information content (AvgIpc) is 2.72. The first-order chi connectivity index (χ1) is 14.5. The fourth-order valence-corrected chi connectivity index (χ4v) is 3.52. The molecular formula is C19H25F4N5O3. The molecule has 0 bridgehead atoms. The van der Waals surface area contributed by atoms with Crippen molar-refractivity contribution in [3.05, 3.63) is 34.9 Å².